The van der Waals surface area contributed by atoms with E-state index < -0.39 is 24.2 Å². The fourth-order valence-electron chi connectivity index (χ4n) is 5.04. The number of hydrogen-bond acceptors (Lipinski definition) is 8. The molecule has 4 N–H and O–H groups in total. The van der Waals surface area contributed by atoms with Gasteiger partial charge in [0.1, 0.15) is 5.75 Å². The zero-order valence-corrected chi connectivity index (χ0v) is 27.3. The molecule has 246 valence electrons. The molecule has 0 aromatic heterocycles. The van der Waals surface area contributed by atoms with Crippen molar-refractivity contribution in [3.8, 4) is 5.75 Å². The second-order valence-corrected chi connectivity index (χ2v) is 10.6. The summed E-state index contributed by atoms with van der Waals surface area (Å²) in [7, 11) is 1.62. The van der Waals surface area contributed by atoms with Crippen LogP contribution in [-0.2, 0) is 32.1 Å². The number of rotatable bonds is 17. The number of esters is 1. The van der Waals surface area contributed by atoms with Crippen LogP contribution >= 0.6 is 24.8 Å². The first-order chi connectivity index (χ1) is 20.4. The van der Waals surface area contributed by atoms with Crippen LogP contribution in [0, 0.1) is 0 Å². The number of aliphatic hydroxyl groups excluding tert-OH is 1. The Balaban J connectivity index is 0.00000484. The first kappa shape index (κ1) is 39.1. The van der Waals surface area contributed by atoms with Crippen molar-refractivity contribution in [3.05, 3.63) is 65.7 Å². The van der Waals surface area contributed by atoms with Gasteiger partial charge in [0, 0.05) is 32.6 Å². The summed E-state index contributed by atoms with van der Waals surface area (Å²) in [6, 6.07) is 15.9. The lowest BCUT2D eigenvalue weighted by atomic mass is 9.99. The number of nitrogens with one attached hydrogen (secondary N) is 3. The summed E-state index contributed by atoms with van der Waals surface area (Å²) in [6.07, 6.45) is 3.01. The van der Waals surface area contributed by atoms with E-state index in [4.69, 9.17) is 9.47 Å². The Morgan fingerprint density at radius 3 is 2.36 bits per heavy atom. The minimum atomic E-state index is -0.902. The number of carbonyl (C=O) groups is 3. The van der Waals surface area contributed by atoms with Crippen LogP contribution in [0.3, 0.4) is 0 Å². The highest BCUT2D eigenvalue weighted by Crippen LogP contribution is 2.14. The number of aliphatic hydroxyl groups is 1. The molecule has 2 amide bonds. The fraction of sp³-hybridized carbons (Fsp3) is 0.531. The van der Waals surface area contributed by atoms with Gasteiger partial charge in [-0.05, 0) is 62.3 Å². The molecule has 1 fully saturated rings. The maximum absolute atomic E-state index is 13.6. The minimum absolute atomic E-state index is 0. The van der Waals surface area contributed by atoms with Crippen molar-refractivity contribution in [1.29, 1.82) is 0 Å². The molecule has 0 unspecified atom stereocenters. The summed E-state index contributed by atoms with van der Waals surface area (Å²) in [5.41, 5.74) is 1.97. The molecule has 0 aliphatic carbocycles. The van der Waals surface area contributed by atoms with E-state index in [9.17, 15) is 19.5 Å². The Labute approximate surface area is 273 Å². The average Bonchev–Trinajstić information content (AvgIpc) is 3.01. The SMILES string of the molecule is CCOC(=O)CN[C@@H](CCC(=O)N1CCCCC1)C(=O)N[C@@H](Cc1ccccc1)[C@H](O)CNCc1cccc(OC)c1.Cl.Cl. The van der Waals surface area contributed by atoms with E-state index in [1.54, 1.807) is 14.0 Å². The van der Waals surface area contributed by atoms with Gasteiger partial charge < -0.3 is 30.1 Å². The second kappa shape index (κ2) is 21.8. The van der Waals surface area contributed by atoms with Gasteiger partial charge in [0.25, 0.3) is 0 Å². The monoisotopic (exact) mass is 654 g/mol. The molecule has 3 atom stereocenters. The lowest BCUT2D eigenvalue weighted by Crippen LogP contribution is -2.54. The van der Waals surface area contributed by atoms with Gasteiger partial charge in [-0.1, -0.05) is 42.5 Å². The summed E-state index contributed by atoms with van der Waals surface area (Å²) in [6.45, 7) is 4.03. The highest BCUT2D eigenvalue weighted by atomic mass is 35.5. The molecule has 2 aromatic carbocycles. The van der Waals surface area contributed by atoms with Gasteiger partial charge in [-0.25, -0.2) is 0 Å². The Hall–Kier alpha value is -2.89. The quantitative estimate of drug-likeness (QED) is 0.192. The third-order valence-corrected chi connectivity index (χ3v) is 7.38. The number of amides is 2. The van der Waals surface area contributed by atoms with E-state index in [2.05, 4.69) is 16.0 Å². The van der Waals surface area contributed by atoms with Crippen molar-refractivity contribution in [1.82, 2.24) is 20.9 Å². The molecular formula is C32H48Cl2N4O6. The number of piperidine rings is 1. The normalized spacial score (nSPS) is 14.7. The number of benzene rings is 2. The molecule has 0 bridgehead atoms. The van der Waals surface area contributed by atoms with Crippen molar-refractivity contribution in [3.63, 3.8) is 0 Å². The van der Waals surface area contributed by atoms with Gasteiger partial charge in [0.05, 0.1) is 38.4 Å². The van der Waals surface area contributed by atoms with Crippen molar-refractivity contribution >= 4 is 42.6 Å². The van der Waals surface area contributed by atoms with Gasteiger partial charge in [-0.3, -0.25) is 19.7 Å². The zero-order chi connectivity index (χ0) is 30.2. The first-order valence-electron chi connectivity index (χ1n) is 14.9. The predicted molar refractivity (Wildman–Crippen MR) is 175 cm³/mol. The largest absolute Gasteiger partial charge is 0.497 e. The number of halogens is 2. The van der Waals surface area contributed by atoms with Gasteiger partial charge in [-0.2, -0.15) is 0 Å². The van der Waals surface area contributed by atoms with Gasteiger partial charge in [0.2, 0.25) is 11.8 Å². The van der Waals surface area contributed by atoms with Gasteiger partial charge >= 0.3 is 5.97 Å². The third kappa shape index (κ3) is 13.8. The van der Waals surface area contributed by atoms with Crippen LogP contribution in [0.15, 0.2) is 54.6 Å². The standard InChI is InChI=1S/C32H46N4O6.2ClH/c1-3-42-31(39)23-34-27(15-16-30(38)36-17-8-5-9-18-36)32(40)35-28(20-24-11-6-4-7-12-24)29(37)22-33-21-25-13-10-14-26(19-25)41-2;;/h4,6-7,10-14,19,27-29,33-34,37H,3,5,8-9,15-18,20-23H2,1-2H3,(H,35,40);2*1H/t27-,28-,29+;;/m0../s1. The molecule has 44 heavy (non-hydrogen) atoms. The molecular weight excluding hydrogens is 607 g/mol. The number of hydrogen-bond donors (Lipinski definition) is 4. The molecule has 3 rings (SSSR count). The summed E-state index contributed by atoms with van der Waals surface area (Å²) in [5.74, 6) is -0.0870. The van der Waals surface area contributed by atoms with Crippen molar-refractivity contribution in [2.24, 2.45) is 0 Å². The maximum Gasteiger partial charge on any atom is 0.319 e. The Morgan fingerprint density at radius 2 is 1.68 bits per heavy atom. The molecule has 0 saturated carbocycles. The van der Waals surface area contributed by atoms with Crippen LogP contribution < -0.4 is 20.7 Å². The number of nitrogens with zero attached hydrogens (tertiary/aromatic N) is 1. The first-order valence-corrected chi connectivity index (χ1v) is 14.9. The summed E-state index contributed by atoms with van der Waals surface area (Å²) >= 11 is 0. The third-order valence-electron chi connectivity index (χ3n) is 7.38. The van der Waals surface area contributed by atoms with Gasteiger partial charge in [-0.15, -0.1) is 24.8 Å². The Morgan fingerprint density at radius 1 is 0.977 bits per heavy atom. The van der Waals surface area contributed by atoms with E-state index in [-0.39, 0.29) is 69.2 Å². The van der Waals surface area contributed by atoms with Crippen molar-refractivity contribution in [2.45, 2.75) is 70.2 Å². The van der Waals surface area contributed by atoms with Crippen LogP contribution in [0.5, 0.6) is 5.75 Å². The maximum atomic E-state index is 13.6. The number of likely N-dealkylation sites (tertiary alicyclic amines) is 1. The number of methoxy groups -OCH3 is 1. The molecule has 1 saturated heterocycles. The van der Waals surface area contributed by atoms with E-state index in [1.165, 1.54) is 0 Å². The van der Waals surface area contributed by atoms with Crippen LogP contribution in [0.1, 0.15) is 50.2 Å². The van der Waals surface area contributed by atoms with E-state index in [1.807, 2.05) is 59.5 Å². The van der Waals surface area contributed by atoms with E-state index in [0.29, 0.717) is 13.0 Å². The molecule has 2 aromatic rings. The van der Waals surface area contributed by atoms with E-state index in [0.717, 1.165) is 49.2 Å². The lowest BCUT2D eigenvalue weighted by Gasteiger charge is -2.29. The summed E-state index contributed by atoms with van der Waals surface area (Å²) < 4.78 is 10.3. The fourth-order valence-corrected chi connectivity index (χ4v) is 5.04. The molecule has 12 heteroatoms. The van der Waals surface area contributed by atoms with Crippen molar-refractivity contribution < 1.29 is 29.0 Å². The Kier molecular flexibility index (Phi) is 19.3. The molecule has 0 spiro atoms. The minimum Gasteiger partial charge on any atom is -0.497 e. The average molecular weight is 656 g/mol. The lowest BCUT2D eigenvalue weighted by molar-refractivity contribution is -0.142. The predicted octanol–water partition coefficient (Wildman–Crippen LogP) is 3.03. The molecule has 1 heterocycles. The van der Waals surface area contributed by atoms with Crippen LogP contribution in [-0.4, -0.2) is 85.9 Å². The highest BCUT2D eigenvalue weighted by Gasteiger charge is 2.28. The van der Waals surface area contributed by atoms with Crippen LogP contribution in [0.4, 0.5) is 0 Å². The van der Waals surface area contributed by atoms with Gasteiger partial charge in [0.15, 0.2) is 0 Å². The van der Waals surface area contributed by atoms with E-state index >= 15 is 0 Å². The molecule has 10 nitrogen and oxygen atoms in total. The highest BCUT2D eigenvalue weighted by molar-refractivity contribution is 5.86. The Bertz CT molecular complexity index is 1120. The molecule has 0 radical (unpaired) electrons. The number of ether oxygens (including phenoxy) is 2. The summed E-state index contributed by atoms with van der Waals surface area (Å²) in [5, 5.41) is 20.4. The zero-order valence-electron chi connectivity index (χ0n) is 25.7. The molecule has 1 aliphatic rings. The number of carbonyl (C=O) groups excluding carboxylic acids is 3. The molecule has 1 aliphatic heterocycles. The van der Waals surface area contributed by atoms with Crippen LogP contribution in [0.25, 0.3) is 0 Å². The topological polar surface area (TPSA) is 129 Å². The summed E-state index contributed by atoms with van der Waals surface area (Å²) in [4.78, 5) is 40.3. The van der Waals surface area contributed by atoms with Crippen molar-refractivity contribution in [2.75, 3.05) is 39.9 Å². The second-order valence-electron chi connectivity index (χ2n) is 10.6. The van der Waals surface area contributed by atoms with Crippen LogP contribution in [0.2, 0.25) is 0 Å². The smallest absolute Gasteiger partial charge is 0.319 e.